The van der Waals surface area contributed by atoms with Crippen molar-refractivity contribution < 1.29 is 13.2 Å². The molecule has 1 fully saturated rings. The fourth-order valence-electron chi connectivity index (χ4n) is 2.43. The van der Waals surface area contributed by atoms with E-state index in [-0.39, 0.29) is 0 Å². The van der Waals surface area contributed by atoms with Crippen molar-refractivity contribution in [1.29, 1.82) is 0 Å². The molecule has 1 aromatic carbocycles. The van der Waals surface area contributed by atoms with E-state index < -0.39 is 10.0 Å². The zero-order chi connectivity index (χ0) is 14.6. The number of piperidine rings is 1. The largest absolute Gasteiger partial charge is 0.496 e. The molecule has 2 rings (SSSR count). The fraction of sp³-hybridized carbons (Fsp3) is 0.571. The van der Waals surface area contributed by atoms with Gasteiger partial charge in [-0.1, -0.05) is 0 Å². The van der Waals surface area contributed by atoms with E-state index in [2.05, 4.69) is 10.0 Å². The molecule has 20 heavy (non-hydrogen) atoms. The molecule has 1 aromatic rings. The van der Waals surface area contributed by atoms with Crippen molar-refractivity contribution in [3.63, 3.8) is 0 Å². The van der Waals surface area contributed by atoms with Crippen LogP contribution in [0.2, 0.25) is 0 Å². The number of aryl methyl sites for hydroxylation is 1. The number of hydrogen-bond donors (Lipinski definition) is 2. The normalized spacial score (nSPS) is 19.8. The highest BCUT2D eigenvalue weighted by Gasteiger charge is 2.19. The van der Waals surface area contributed by atoms with Gasteiger partial charge in [0.2, 0.25) is 10.0 Å². The van der Waals surface area contributed by atoms with Gasteiger partial charge in [0.05, 0.1) is 12.0 Å². The number of nitrogens with one attached hydrogen (secondary N) is 2. The number of methoxy groups -OCH3 is 1. The molecule has 0 bridgehead atoms. The highest BCUT2D eigenvalue weighted by Crippen LogP contribution is 2.21. The molecule has 112 valence electrons. The summed E-state index contributed by atoms with van der Waals surface area (Å²) >= 11 is 0. The maximum Gasteiger partial charge on any atom is 0.240 e. The molecule has 0 aliphatic carbocycles. The van der Waals surface area contributed by atoms with Crippen LogP contribution in [-0.2, 0) is 10.0 Å². The number of ether oxygens (including phenoxy) is 1. The van der Waals surface area contributed by atoms with E-state index in [1.165, 1.54) is 0 Å². The molecule has 0 saturated carbocycles. The lowest BCUT2D eigenvalue weighted by Gasteiger charge is -2.22. The van der Waals surface area contributed by atoms with Crippen molar-refractivity contribution in [2.75, 3.05) is 26.7 Å². The summed E-state index contributed by atoms with van der Waals surface area (Å²) in [6.45, 7) is 4.23. The Balaban J connectivity index is 2.04. The number of hydrogen-bond acceptors (Lipinski definition) is 4. The Bertz CT molecular complexity index is 552. The molecule has 1 saturated heterocycles. The van der Waals surface area contributed by atoms with Gasteiger partial charge in [0, 0.05) is 6.54 Å². The summed E-state index contributed by atoms with van der Waals surface area (Å²) in [6, 6.07) is 4.90. The minimum Gasteiger partial charge on any atom is -0.496 e. The molecule has 1 unspecified atom stereocenters. The van der Waals surface area contributed by atoms with Crippen molar-refractivity contribution in [2.24, 2.45) is 5.92 Å². The summed E-state index contributed by atoms with van der Waals surface area (Å²) in [4.78, 5) is 0.291. The lowest BCUT2D eigenvalue weighted by molar-refractivity contribution is 0.376. The van der Waals surface area contributed by atoms with Crippen molar-refractivity contribution in [3.05, 3.63) is 23.8 Å². The first kappa shape index (κ1) is 15.3. The smallest absolute Gasteiger partial charge is 0.240 e. The molecule has 1 aliphatic rings. The van der Waals surface area contributed by atoms with Crippen LogP contribution in [-0.4, -0.2) is 35.2 Å². The average molecular weight is 298 g/mol. The molecular formula is C14H22N2O3S. The quantitative estimate of drug-likeness (QED) is 0.859. The van der Waals surface area contributed by atoms with Gasteiger partial charge in [-0.3, -0.25) is 0 Å². The van der Waals surface area contributed by atoms with Gasteiger partial charge in [-0.2, -0.15) is 0 Å². The van der Waals surface area contributed by atoms with E-state index in [0.717, 1.165) is 31.5 Å². The van der Waals surface area contributed by atoms with E-state index in [1.807, 2.05) is 6.92 Å². The minimum absolute atomic E-state index is 0.291. The van der Waals surface area contributed by atoms with Crippen molar-refractivity contribution >= 4 is 10.0 Å². The minimum atomic E-state index is -3.44. The second-order valence-electron chi connectivity index (χ2n) is 5.20. The Kier molecular flexibility index (Phi) is 5.01. The monoisotopic (exact) mass is 298 g/mol. The van der Waals surface area contributed by atoms with Crippen LogP contribution in [0, 0.1) is 12.8 Å². The Morgan fingerprint density at radius 3 is 2.85 bits per heavy atom. The van der Waals surface area contributed by atoms with Crippen LogP contribution in [0.4, 0.5) is 0 Å². The molecule has 1 heterocycles. The SMILES string of the molecule is COc1ccc(S(=O)(=O)NCC2CCCNC2)cc1C. The molecule has 0 amide bonds. The van der Waals surface area contributed by atoms with Crippen molar-refractivity contribution in [1.82, 2.24) is 10.0 Å². The predicted molar refractivity (Wildman–Crippen MR) is 78.5 cm³/mol. The Morgan fingerprint density at radius 1 is 1.45 bits per heavy atom. The topological polar surface area (TPSA) is 67.4 Å². The molecular weight excluding hydrogens is 276 g/mol. The zero-order valence-electron chi connectivity index (χ0n) is 12.0. The van der Waals surface area contributed by atoms with Gasteiger partial charge in [0.1, 0.15) is 5.75 Å². The van der Waals surface area contributed by atoms with Gasteiger partial charge in [0.25, 0.3) is 0 Å². The molecule has 1 aliphatic heterocycles. The first-order valence-corrected chi connectivity index (χ1v) is 8.36. The number of sulfonamides is 1. The fourth-order valence-corrected chi connectivity index (χ4v) is 3.63. The molecule has 2 N–H and O–H groups in total. The van der Waals surface area contributed by atoms with Gasteiger partial charge in [-0.25, -0.2) is 13.1 Å². The summed E-state index contributed by atoms with van der Waals surface area (Å²) < 4.78 is 32.4. The average Bonchev–Trinajstić information content (AvgIpc) is 2.46. The van der Waals surface area contributed by atoms with E-state index in [0.29, 0.717) is 23.1 Å². The summed E-state index contributed by atoms with van der Waals surface area (Å²) in [5.41, 5.74) is 0.815. The zero-order valence-corrected chi connectivity index (χ0v) is 12.8. The van der Waals surface area contributed by atoms with Crippen LogP contribution in [0.3, 0.4) is 0 Å². The van der Waals surface area contributed by atoms with Crippen LogP contribution in [0.15, 0.2) is 23.1 Å². The lowest BCUT2D eigenvalue weighted by Crippen LogP contribution is -2.38. The molecule has 0 spiro atoms. The van der Waals surface area contributed by atoms with Gasteiger partial charge in [-0.15, -0.1) is 0 Å². The maximum atomic E-state index is 12.3. The number of benzene rings is 1. The van der Waals surface area contributed by atoms with Crippen LogP contribution >= 0.6 is 0 Å². The predicted octanol–water partition coefficient (Wildman–Crippen LogP) is 1.28. The van der Waals surface area contributed by atoms with Crippen LogP contribution in [0.5, 0.6) is 5.75 Å². The highest BCUT2D eigenvalue weighted by molar-refractivity contribution is 7.89. The third kappa shape index (κ3) is 3.71. The highest BCUT2D eigenvalue weighted by atomic mass is 32.2. The van der Waals surface area contributed by atoms with Gasteiger partial charge in [-0.05, 0) is 62.5 Å². The molecule has 6 heteroatoms. The first-order valence-electron chi connectivity index (χ1n) is 6.88. The van der Waals surface area contributed by atoms with Gasteiger partial charge in [0.15, 0.2) is 0 Å². The van der Waals surface area contributed by atoms with Gasteiger partial charge < -0.3 is 10.1 Å². The second-order valence-corrected chi connectivity index (χ2v) is 6.96. The summed E-state index contributed by atoms with van der Waals surface area (Å²) in [7, 11) is -1.87. The summed E-state index contributed by atoms with van der Waals surface area (Å²) in [5.74, 6) is 1.07. The summed E-state index contributed by atoms with van der Waals surface area (Å²) in [6.07, 6.45) is 2.17. The van der Waals surface area contributed by atoms with Crippen molar-refractivity contribution in [3.8, 4) is 5.75 Å². The Morgan fingerprint density at radius 2 is 2.25 bits per heavy atom. The molecule has 0 radical (unpaired) electrons. The standard InChI is InChI=1S/C14H22N2O3S/c1-11-8-13(5-6-14(11)19-2)20(17,18)16-10-12-4-3-7-15-9-12/h5-6,8,12,15-16H,3-4,7,9-10H2,1-2H3. The molecule has 5 nitrogen and oxygen atoms in total. The van der Waals surface area contributed by atoms with Crippen molar-refractivity contribution in [2.45, 2.75) is 24.7 Å². The molecule has 1 atom stereocenters. The lowest BCUT2D eigenvalue weighted by atomic mass is 10.0. The second kappa shape index (κ2) is 6.56. The van der Waals surface area contributed by atoms with E-state index in [1.54, 1.807) is 25.3 Å². The Hall–Kier alpha value is -1.11. The van der Waals surface area contributed by atoms with Crippen LogP contribution < -0.4 is 14.8 Å². The van der Waals surface area contributed by atoms with Crippen LogP contribution in [0.1, 0.15) is 18.4 Å². The van der Waals surface area contributed by atoms with Crippen LogP contribution in [0.25, 0.3) is 0 Å². The first-order chi connectivity index (χ1) is 9.53. The summed E-state index contributed by atoms with van der Waals surface area (Å²) in [5, 5.41) is 3.28. The number of rotatable bonds is 5. The third-order valence-electron chi connectivity index (χ3n) is 3.64. The van der Waals surface area contributed by atoms with E-state index >= 15 is 0 Å². The Labute approximate surface area is 120 Å². The van der Waals surface area contributed by atoms with Gasteiger partial charge >= 0.3 is 0 Å². The maximum absolute atomic E-state index is 12.3. The molecule has 0 aromatic heterocycles. The van der Waals surface area contributed by atoms with E-state index in [9.17, 15) is 8.42 Å². The van der Waals surface area contributed by atoms with E-state index in [4.69, 9.17) is 4.74 Å². The third-order valence-corrected chi connectivity index (χ3v) is 5.06.